The van der Waals surface area contributed by atoms with Crippen LogP contribution in [0.1, 0.15) is 57.2 Å². The third-order valence-corrected chi connectivity index (χ3v) is 5.30. The monoisotopic (exact) mass is 280 g/mol. The zero-order valence-corrected chi connectivity index (χ0v) is 13.6. The van der Waals surface area contributed by atoms with Crippen LogP contribution < -0.4 is 5.32 Å². The van der Waals surface area contributed by atoms with Gasteiger partial charge in [-0.25, -0.2) is 4.98 Å². The number of nitrogens with one attached hydrogen (secondary N) is 1. The van der Waals surface area contributed by atoms with Gasteiger partial charge in [-0.1, -0.05) is 20.8 Å². The molecule has 2 nitrogen and oxygen atoms in total. The van der Waals surface area contributed by atoms with Crippen molar-refractivity contribution in [3.05, 3.63) is 16.1 Å². The second-order valence-electron chi connectivity index (χ2n) is 7.07. The van der Waals surface area contributed by atoms with E-state index in [2.05, 4.69) is 43.4 Å². The average Bonchev–Trinajstić information content (AvgIpc) is 2.75. The molecule has 3 heteroatoms. The minimum absolute atomic E-state index is 0.497. The van der Waals surface area contributed by atoms with Gasteiger partial charge in [-0.05, 0) is 56.4 Å². The van der Waals surface area contributed by atoms with Crippen LogP contribution in [0, 0.1) is 24.2 Å². The molecule has 0 bridgehead atoms. The van der Waals surface area contributed by atoms with Gasteiger partial charge >= 0.3 is 0 Å². The summed E-state index contributed by atoms with van der Waals surface area (Å²) in [4.78, 5) is 4.49. The molecule has 1 N–H and O–H groups in total. The molecular weight excluding hydrogens is 252 g/mol. The second-order valence-corrected chi connectivity index (χ2v) is 8.13. The molecule has 0 saturated heterocycles. The topological polar surface area (TPSA) is 24.9 Å². The van der Waals surface area contributed by atoms with E-state index >= 15 is 0 Å². The molecule has 0 atom stereocenters. The Morgan fingerprint density at radius 1 is 1.26 bits per heavy atom. The molecule has 2 rings (SSSR count). The summed E-state index contributed by atoms with van der Waals surface area (Å²) in [6, 6.07) is 0. The van der Waals surface area contributed by atoms with Crippen molar-refractivity contribution < 1.29 is 0 Å². The lowest BCUT2D eigenvalue weighted by Gasteiger charge is -2.37. The van der Waals surface area contributed by atoms with Crippen LogP contribution in [0.5, 0.6) is 0 Å². The summed E-state index contributed by atoms with van der Waals surface area (Å²) in [6.45, 7) is 11.3. The van der Waals surface area contributed by atoms with Gasteiger partial charge in [-0.3, -0.25) is 0 Å². The second kappa shape index (κ2) is 6.36. The molecule has 108 valence electrons. The van der Waals surface area contributed by atoms with Crippen molar-refractivity contribution >= 4 is 11.3 Å². The maximum Gasteiger partial charge on any atom is 0.0897 e. The van der Waals surface area contributed by atoms with Gasteiger partial charge < -0.3 is 5.32 Å². The Bertz CT molecular complexity index is 384. The first-order valence-electron chi connectivity index (χ1n) is 7.57. The van der Waals surface area contributed by atoms with Crippen molar-refractivity contribution in [3.63, 3.8) is 0 Å². The Hall–Kier alpha value is -0.410. The summed E-state index contributed by atoms with van der Waals surface area (Å²) >= 11 is 1.74. The summed E-state index contributed by atoms with van der Waals surface area (Å²) in [6.07, 6.45) is 5.60. The van der Waals surface area contributed by atoms with Gasteiger partial charge in [0.05, 0.1) is 10.7 Å². The summed E-state index contributed by atoms with van der Waals surface area (Å²) in [5, 5.41) is 6.92. The molecule has 1 aromatic heterocycles. The predicted molar refractivity (Wildman–Crippen MR) is 83.5 cm³/mol. The highest BCUT2D eigenvalue weighted by molar-refractivity contribution is 7.09. The Balaban J connectivity index is 1.66. The van der Waals surface area contributed by atoms with Crippen molar-refractivity contribution in [2.24, 2.45) is 17.3 Å². The van der Waals surface area contributed by atoms with Crippen molar-refractivity contribution in [1.82, 2.24) is 10.3 Å². The molecule has 19 heavy (non-hydrogen) atoms. The van der Waals surface area contributed by atoms with Crippen LogP contribution in [0.15, 0.2) is 5.38 Å². The van der Waals surface area contributed by atoms with Gasteiger partial charge in [0.25, 0.3) is 0 Å². The molecule has 0 radical (unpaired) electrons. The van der Waals surface area contributed by atoms with E-state index in [1.54, 1.807) is 11.3 Å². The largest absolute Gasteiger partial charge is 0.311 e. The smallest absolute Gasteiger partial charge is 0.0897 e. The molecule has 1 heterocycles. The van der Waals surface area contributed by atoms with Gasteiger partial charge in [0.2, 0.25) is 0 Å². The number of aryl methyl sites for hydroxylation is 1. The number of nitrogens with zero attached hydrogens (tertiary/aromatic N) is 1. The van der Waals surface area contributed by atoms with Crippen LogP contribution in [0.25, 0.3) is 0 Å². The van der Waals surface area contributed by atoms with E-state index in [9.17, 15) is 0 Å². The van der Waals surface area contributed by atoms with Crippen molar-refractivity contribution in [2.75, 3.05) is 6.54 Å². The molecule has 1 aromatic rings. The van der Waals surface area contributed by atoms with Crippen molar-refractivity contribution in [1.29, 1.82) is 0 Å². The minimum atomic E-state index is 0.497. The molecule has 0 aromatic carbocycles. The van der Waals surface area contributed by atoms with Gasteiger partial charge in [0.15, 0.2) is 0 Å². The lowest BCUT2D eigenvalue weighted by atomic mass is 9.70. The standard InChI is InChI=1S/C16H28N2S/c1-12-18-15(11-19-12)10-17-9-13-5-7-14(8-6-13)16(2,3)4/h11,13-14,17H,5-10H2,1-4H3. The molecule has 0 aliphatic heterocycles. The average molecular weight is 280 g/mol. The van der Waals surface area contributed by atoms with Crippen LogP contribution in [-0.4, -0.2) is 11.5 Å². The van der Waals surface area contributed by atoms with E-state index in [4.69, 9.17) is 0 Å². The van der Waals surface area contributed by atoms with E-state index in [1.165, 1.54) is 36.4 Å². The number of thiazole rings is 1. The summed E-state index contributed by atoms with van der Waals surface area (Å²) in [5.74, 6) is 1.79. The van der Waals surface area contributed by atoms with E-state index in [0.29, 0.717) is 5.41 Å². The Morgan fingerprint density at radius 2 is 1.95 bits per heavy atom. The first-order chi connectivity index (χ1) is 8.95. The fourth-order valence-electron chi connectivity index (χ4n) is 3.13. The normalized spacial score (nSPS) is 24.6. The first-order valence-corrected chi connectivity index (χ1v) is 8.45. The van der Waals surface area contributed by atoms with Gasteiger partial charge in [-0.2, -0.15) is 0 Å². The summed E-state index contributed by atoms with van der Waals surface area (Å²) in [5.41, 5.74) is 1.70. The molecule has 0 amide bonds. The maximum atomic E-state index is 4.49. The van der Waals surface area contributed by atoms with Crippen LogP contribution >= 0.6 is 11.3 Å². The highest BCUT2D eigenvalue weighted by atomic mass is 32.1. The van der Waals surface area contributed by atoms with Crippen LogP contribution in [0.3, 0.4) is 0 Å². The van der Waals surface area contributed by atoms with E-state index in [-0.39, 0.29) is 0 Å². The Labute approximate surface area is 122 Å². The minimum Gasteiger partial charge on any atom is -0.311 e. The third kappa shape index (κ3) is 4.57. The fraction of sp³-hybridized carbons (Fsp3) is 0.812. The van der Waals surface area contributed by atoms with E-state index in [0.717, 1.165) is 24.9 Å². The van der Waals surface area contributed by atoms with Crippen LogP contribution in [0.4, 0.5) is 0 Å². The molecular formula is C16H28N2S. The quantitative estimate of drug-likeness (QED) is 0.884. The fourth-order valence-corrected chi connectivity index (χ4v) is 3.74. The zero-order chi connectivity index (χ0) is 13.9. The van der Waals surface area contributed by atoms with Gasteiger partial charge in [0, 0.05) is 11.9 Å². The number of aromatic nitrogens is 1. The third-order valence-electron chi connectivity index (χ3n) is 4.48. The Morgan fingerprint density at radius 3 is 2.47 bits per heavy atom. The summed E-state index contributed by atoms with van der Waals surface area (Å²) in [7, 11) is 0. The number of rotatable bonds is 4. The highest BCUT2D eigenvalue weighted by Crippen LogP contribution is 2.39. The van der Waals surface area contributed by atoms with E-state index < -0.39 is 0 Å². The Kier molecular flexibility index (Phi) is 5.02. The van der Waals surface area contributed by atoms with Gasteiger partial charge in [-0.15, -0.1) is 11.3 Å². The molecule has 1 saturated carbocycles. The molecule has 1 fully saturated rings. The first kappa shape index (κ1) is 15.0. The highest BCUT2D eigenvalue weighted by Gasteiger charge is 2.29. The maximum absolute atomic E-state index is 4.49. The number of hydrogen-bond acceptors (Lipinski definition) is 3. The van der Waals surface area contributed by atoms with Gasteiger partial charge in [0.1, 0.15) is 0 Å². The SMILES string of the molecule is Cc1nc(CNCC2CCC(C(C)(C)C)CC2)cs1. The predicted octanol–water partition coefficient (Wildman–Crippen LogP) is 4.39. The van der Waals surface area contributed by atoms with Crippen molar-refractivity contribution in [2.45, 2.75) is 59.9 Å². The lowest BCUT2D eigenvalue weighted by Crippen LogP contribution is -2.30. The molecule has 1 aliphatic rings. The van der Waals surface area contributed by atoms with E-state index in [1.807, 2.05) is 0 Å². The van der Waals surface area contributed by atoms with Crippen LogP contribution in [0.2, 0.25) is 0 Å². The molecule has 0 spiro atoms. The lowest BCUT2D eigenvalue weighted by molar-refractivity contribution is 0.149. The zero-order valence-electron chi connectivity index (χ0n) is 12.8. The summed E-state index contributed by atoms with van der Waals surface area (Å²) < 4.78 is 0. The molecule has 1 aliphatic carbocycles. The molecule has 0 unspecified atom stereocenters. The number of hydrogen-bond donors (Lipinski definition) is 1. The van der Waals surface area contributed by atoms with Crippen molar-refractivity contribution in [3.8, 4) is 0 Å². The van der Waals surface area contributed by atoms with Crippen LogP contribution in [-0.2, 0) is 6.54 Å².